The van der Waals surface area contributed by atoms with E-state index in [0.717, 1.165) is 37.2 Å². The van der Waals surface area contributed by atoms with Gasteiger partial charge in [0.1, 0.15) is 0 Å². The van der Waals surface area contributed by atoms with E-state index in [1.165, 1.54) is 0 Å². The lowest BCUT2D eigenvalue weighted by Gasteiger charge is -2.15. The van der Waals surface area contributed by atoms with Gasteiger partial charge in [0, 0.05) is 16.8 Å². The van der Waals surface area contributed by atoms with Crippen LogP contribution >= 0.6 is 0 Å². The summed E-state index contributed by atoms with van der Waals surface area (Å²) in [5.74, 6) is 0. The first-order valence-electron chi connectivity index (χ1n) is 7.28. The molecule has 2 radical (unpaired) electrons. The number of hydrogen-bond donors (Lipinski definition) is 3. The third kappa shape index (κ3) is 2.89. The van der Waals surface area contributed by atoms with Gasteiger partial charge in [-0.05, 0) is 22.1 Å². The Bertz CT molecular complexity index is 771. The normalized spacial score (nSPS) is 10.3. The van der Waals surface area contributed by atoms with Gasteiger partial charge in [0.15, 0.2) is 0 Å². The Labute approximate surface area is 137 Å². The number of rotatable bonds is 4. The first-order valence-corrected chi connectivity index (χ1v) is 7.28. The lowest BCUT2D eigenvalue weighted by atomic mass is 9.79. The van der Waals surface area contributed by atoms with Crippen molar-refractivity contribution in [3.8, 4) is 22.3 Å². The van der Waals surface area contributed by atoms with E-state index in [4.69, 9.17) is 5.73 Å². The molecule has 0 aromatic heterocycles. The second-order valence-electron chi connectivity index (χ2n) is 5.20. The van der Waals surface area contributed by atoms with Crippen LogP contribution in [0.5, 0.6) is 0 Å². The van der Waals surface area contributed by atoms with Gasteiger partial charge in [0.05, 0.1) is 0 Å². The Kier molecular flexibility index (Phi) is 4.51. The summed E-state index contributed by atoms with van der Waals surface area (Å²) in [5, 5.41) is 18.9. The molecular formula is C18H15B2NO2. The van der Waals surface area contributed by atoms with Crippen LogP contribution in [0.25, 0.3) is 22.3 Å². The molecule has 0 atom stereocenters. The predicted octanol–water partition coefficient (Wildman–Crippen LogP) is 1.08. The molecule has 0 saturated heterocycles. The summed E-state index contributed by atoms with van der Waals surface area (Å²) in [6.45, 7) is 0. The van der Waals surface area contributed by atoms with Gasteiger partial charge in [0.25, 0.3) is 0 Å². The van der Waals surface area contributed by atoms with Gasteiger partial charge < -0.3 is 15.8 Å². The van der Waals surface area contributed by atoms with Crippen molar-refractivity contribution in [2.75, 3.05) is 5.73 Å². The van der Waals surface area contributed by atoms with Crippen LogP contribution in [-0.2, 0) is 0 Å². The molecule has 0 amide bonds. The number of anilines is 1. The van der Waals surface area contributed by atoms with Crippen molar-refractivity contribution in [1.82, 2.24) is 0 Å². The molecule has 5 heteroatoms. The molecule has 3 aromatic carbocycles. The zero-order valence-corrected chi connectivity index (χ0v) is 12.5. The van der Waals surface area contributed by atoms with Crippen LogP contribution in [0.4, 0.5) is 5.69 Å². The van der Waals surface area contributed by atoms with Crippen LogP contribution in [0, 0.1) is 0 Å². The van der Waals surface area contributed by atoms with Crippen LogP contribution in [0.1, 0.15) is 0 Å². The highest BCUT2D eigenvalue weighted by molar-refractivity contribution is 6.49. The molecule has 0 heterocycles. The molecule has 110 valence electrons. The molecule has 3 rings (SSSR count). The minimum atomic E-state index is 0.608. The lowest BCUT2D eigenvalue weighted by molar-refractivity contribution is 0.615. The molecule has 0 aliphatic rings. The standard InChI is InChI=1S/C18H15B2NO2/c21-18-14(12-6-1-3-10-16(12)19-22)8-5-9-15(18)13-7-2-4-11-17(13)20-23/h1-11,22-23H,21H2. The maximum atomic E-state index is 9.44. The largest absolute Gasteiger partial charge is 0.450 e. The van der Waals surface area contributed by atoms with E-state index in [1.54, 1.807) is 0 Å². The number of para-hydroxylation sites is 1. The fourth-order valence-corrected chi connectivity index (χ4v) is 2.74. The molecule has 3 aromatic rings. The number of nitrogens with two attached hydrogens (primary N) is 1. The number of benzene rings is 3. The quantitative estimate of drug-likeness (QED) is 0.499. The van der Waals surface area contributed by atoms with Crippen LogP contribution < -0.4 is 16.7 Å². The molecule has 23 heavy (non-hydrogen) atoms. The van der Waals surface area contributed by atoms with Crippen LogP contribution in [0.2, 0.25) is 0 Å². The van der Waals surface area contributed by atoms with Gasteiger partial charge >= 0.3 is 15.0 Å². The summed E-state index contributed by atoms with van der Waals surface area (Å²) in [7, 11) is 2.16. The van der Waals surface area contributed by atoms with Gasteiger partial charge in [-0.15, -0.1) is 0 Å². The molecule has 0 unspecified atom stereocenters. The molecule has 4 N–H and O–H groups in total. The Morgan fingerprint density at radius 2 is 0.957 bits per heavy atom. The Hall–Kier alpha value is -2.49. The SMILES string of the molecule is Nc1c(-c2ccccc2[B]O)cccc1-c1ccccc1[B]O. The Balaban J connectivity index is 2.20. The van der Waals surface area contributed by atoms with E-state index in [9.17, 15) is 10.0 Å². The second kappa shape index (κ2) is 6.73. The summed E-state index contributed by atoms with van der Waals surface area (Å²) >= 11 is 0. The topological polar surface area (TPSA) is 66.5 Å². The van der Waals surface area contributed by atoms with E-state index in [2.05, 4.69) is 0 Å². The first-order chi connectivity index (χ1) is 11.3. The minimum absolute atomic E-state index is 0.608. The van der Waals surface area contributed by atoms with Gasteiger partial charge in [-0.25, -0.2) is 0 Å². The van der Waals surface area contributed by atoms with Crippen molar-refractivity contribution in [3.63, 3.8) is 0 Å². The molecule has 0 bridgehead atoms. The van der Waals surface area contributed by atoms with E-state index >= 15 is 0 Å². The number of nitrogen functional groups attached to an aromatic ring is 1. The van der Waals surface area contributed by atoms with Crippen molar-refractivity contribution < 1.29 is 10.0 Å². The lowest BCUT2D eigenvalue weighted by Crippen LogP contribution is -2.18. The summed E-state index contributed by atoms with van der Waals surface area (Å²) in [4.78, 5) is 0. The molecule has 0 spiro atoms. The highest BCUT2D eigenvalue weighted by Crippen LogP contribution is 2.33. The molecule has 0 aliphatic heterocycles. The number of hydrogen-bond acceptors (Lipinski definition) is 3. The molecule has 0 fully saturated rings. The van der Waals surface area contributed by atoms with Crippen molar-refractivity contribution in [2.45, 2.75) is 0 Å². The monoisotopic (exact) mass is 299 g/mol. The van der Waals surface area contributed by atoms with Crippen LogP contribution in [0.15, 0.2) is 66.7 Å². The van der Waals surface area contributed by atoms with Crippen LogP contribution in [-0.4, -0.2) is 25.0 Å². The smallest absolute Gasteiger partial charge is 0.327 e. The van der Waals surface area contributed by atoms with E-state index in [0.29, 0.717) is 16.6 Å². The van der Waals surface area contributed by atoms with Crippen molar-refractivity contribution in [1.29, 1.82) is 0 Å². The maximum absolute atomic E-state index is 9.44. The summed E-state index contributed by atoms with van der Waals surface area (Å²) in [6.07, 6.45) is 0. The fraction of sp³-hybridized carbons (Fsp3) is 0. The molecule has 0 saturated carbocycles. The van der Waals surface area contributed by atoms with Gasteiger partial charge in [0.2, 0.25) is 0 Å². The average Bonchev–Trinajstić information content (AvgIpc) is 2.62. The summed E-state index contributed by atoms with van der Waals surface area (Å²) < 4.78 is 0. The molecule has 0 aliphatic carbocycles. The summed E-state index contributed by atoms with van der Waals surface area (Å²) in [6, 6.07) is 20.8. The minimum Gasteiger partial charge on any atom is -0.450 e. The summed E-state index contributed by atoms with van der Waals surface area (Å²) in [5.41, 5.74) is 11.8. The highest BCUT2D eigenvalue weighted by atomic mass is 16.2. The zero-order valence-electron chi connectivity index (χ0n) is 12.5. The molecular weight excluding hydrogens is 284 g/mol. The average molecular weight is 299 g/mol. The van der Waals surface area contributed by atoms with Gasteiger partial charge in [-0.3, -0.25) is 0 Å². The maximum Gasteiger partial charge on any atom is 0.327 e. The predicted molar refractivity (Wildman–Crippen MR) is 96.9 cm³/mol. The van der Waals surface area contributed by atoms with Crippen LogP contribution in [0.3, 0.4) is 0 Å². The van der Waals surface area contributed by atoms with Gasteiger partial charge in [-0.2, -0.15) is 0 Å². The van der Waals surface area contributed by atoms with E-state index in [-0.39, 0.29) is 0 Å². The van der Waals surface area contributed by atoms with Crippen molar-refractivity contribution in [3.05, 3.63) is 66.7 Å². The third-order valence-electron chi connectivity index (χ3n) is 3.89. The fourth-order valence-electron chi connectivity index (χ4n) is 2.74. The van der Waals surface area contributed by atoms with E-state index in [1.807, 2.05) is 66.7 Å². The Morgan fingerprint density at radius 3 is 1.39 bits per heavy atom. The Morgan fingerprint density at radius 1 is 0.565 bits per heavy atom. The second-order valence-corrected chi connectivity index (χ2v) is 5.20. The van der Waals surface area contributed by atoms with Gasteiger partial charge in [-0.1, -0.05) is 66.7 Å². The zero-order chi connectivity index (χ0) is 16.2. The highest BCUT2D eigenvalue weighted by Gasteiger charge is 2.14. The third-order valence-corrected chi connectivity index (χ3v) is 3.89. The van der Waals surface area contributed by atoms with E-state index < -0.39 is 0 Å². The van der Waals surface area contributed by atoms with Crippen molar-refractivity contribution in [2.24, 2.45) is 0 Å². The first kappa shape index (κ1) is 15.4. The molecule has 3 nitrogen and oxygen atoms in total. The van der Waals surface area contributed by atoms with Crippen molar-refractivity contribution >= 4 is 31.6 Å².